The molecule has 0 unspecified atom stereocenters. The molecule has 1 aromatic rings. The van der Waals surface area contributed by atoms with Crippen molar-refractivity contribution in [3.63, 3.8) is 0 Å². The number of rotatable bonds is 8. The Kier molecular flexibility index (Phi) is 6.81. The second-order valence-corrected chi connectivity index (χ2v) is 5.35. The van der Waals surface area contributed by atoms with Crippen LogP contribution in [-0.2, 0) is 4.74 Å². The van der Waals surface area contributed by atoms with Crippen molar-refractivity contribution in [1.29, 1.82) is 0 Å². The van der Waals surface area contributed by atoms with Crippen molar-refractivity contribution >= 4 is 22.9 Å². The van der Waals surface area contributed by atoms with E-state index in [-0.39, 0.29) is 0 Å². The standard InChI is InChI=1S/C15H24N2OS/c1-11(2)18-10-5-4-9-17-14-12(3)7-6-8-13(14)15(16)19/h6-8,11,17H,4-5,9-10H2,1-3H3,(H2,16,19). The number of thiocarbonyl (C=S) groups is 1. The van der Waals surface area contributed by atoms with Gasteiger partial charge in [-0.1, -0.05) is 24.4 Å². The van der Waals surface area contributed by atoms with Gasteiger partial charge >= 0.3 is 0 Å². The van der Waals surface area contributed by atoms with Crippen molar-refractivity contribution in [2.45, 2.75) is 39.7 Å². The molecule has 1 rings (SSSR count). The highest BCUT2D eigenvalue weighted by atomic mass is 32.1. The summed E-state index contributed by atoms with van der Waals surface area (Å²) in [5.41, 5.74) is 8.89. The summed E-state index contributed by atoms with van der Waals surface area (Å²) in [4.78, 5) is 0.439. The zero-order chi connectivity index (χ0) is 14.3. The maximum atomic E-state index is 5.74. The van der Waals surface area contributed by atoms with E-state index < -0.39 is 0 Å². The number of aryl methyl sites for hydroxylation is 1. The van der Waals surface area contributed by atoms with Gasteiger partial charge in [0.25, 0.3) is 0 Å². The topological polar surface area (TPSA) is 47.3 Å². The molecule has 0 radical (unpaired) electrons. The van der Waals surface area contributed by atoms with E-state index in [1.54, 1.807) is 0 Å². The summed E-state index contributed by atoms with van der Waals surface area (Å²) in [5.74, 6) is 0. The van der Waals surface area contributed by atoms with Gasteiger partial charge in [-0.25, -0.2) is 0 Å². The summed E-state index contributed by atoms with van der Waals surface area (Å²) in [7, 11) is 0. The van der Waals surface area contributed by atoms with Gasteiger partial charge in [-0.2, -0.15) is 0 Å². The lowest BCUT2D eigenvalue weighted by Gasteiger charge is -2.14. The van der Waals surface area contributed by atoms with Crippen molar-refractivity contribution in [1.82, 2.24) is 0 Å². The summed E-state index contributed by atoms with van der Waals surface area (Å²) in [6.45, 7) is 7.89. The van der Waals surface area contributed by atoms with Crippen LogP contribution >= 0.6 is 12.2 Å². The molecule has 0 atom stereocenters. The van der Waals surface area contributed by atoms with E-state index in [4.69, 9.17) is 22.7 Å². The third-order valence-corrected chi connectivity index (χ3v) is 3.08. The molecule has 3 nitrogen and oxygen atoms in total. The van der Waals surface area contributed by atoms with Crippen LogP contribution in [-0.4, -0.2) is 24.2 Å². The lowest BCUT2D eigenvalue weighted by atomic mass is 10.1. The second-order valence-electron chi connectivity index (χ2n) is 4.92. The monoisotopic (exact) mass is 280 g/mol. The van der Waals surface area contributed by atoms with Crippen LogP contribution in [0, 0.1) is 6.92 Å². The van der Waals surface area contributed by atoms with Crippen LogP contribution in [0.15, 0.2) is 18.2 Å². The average Bonchev–Trinajstić information content (AvgIpc) is 2.34. The minimum Gasteiger partial charge on any atom is -0.389 e. The summed E-state index contributed by atoms with van der Waals surface area (Å²) >= 11 is 5.08. The zero-order valence-corrected chi connectivity index (χ0v) is 12.8. The number of ether oxygens (including phenoxy) is 1. The van der Waals surface area contributed by atoms with Gasteiger partial charge < -0.3 is 15.8 Å². The molecule has 0 bridgehead atoms. The molecular weight excluding hydrogens is 256 g/mol. The number of para-hydroxylation sites is 1. The van der Waals surface area contributed by atoms with E-state index in [9.17, 15) is 0 Å². The van der Waals surface area contributed by atoms with Crippen molar-refractivity contribution in [2.75, 3.05) is 18.5 Å². The van der Waals surface area contributed by atoms with E-state index in [0.29, 0.717) is 11.1 Å². The van der Waals surface area contributed by atoms with Gasteiger partial charge in [0.1, 0.15) is 4.99 Å². The Balaban J connectivity index is 2.43. The molecule has 0 spiro atoms. The normalized spacial score (nSPS) is 10.7. The van der Waals surface area contributed by atoms with Gasteiger partial charge in [0.15, 0.2) is 0 Å². The maximum absolute atomic E-state index is 5.74. The summed E-state index contributed by atoms with van der Waals surface area (Å²) in [6, 6.07) is 6.00. The summed E-state index contributed by atoms with van der Waals surface area (Å²) in [6.07, 6.45) is 2.43. The van der Waals surface area contributed by atoms with Crippen LogP contribution in [0.1, 0.15) is 37.8 Å². The minimum absolute atomic E-state index is 0.311. The van der Waals surface area contributed by atoms with Gasteiger partial charge in [0.2, 0.25) is 0 Å². The van der Waals surface area contributed by atoms with Crippen molar-refractivity contribution in [3.8, 4) is 0 Å². The van der Waals surface area contributed by atoms with Gasteiger partial charge in [0, 0.05) is 24.4 Å². The van der Waals surface area contributed by atoms with Gasteiger partial charge in [0.05, 0.1) is 6.10 Å². The van der Waals surface area contributed by atoms with Crippen LogP contribution in [0.25, 0.3) is 0 Å². The maximum Gasteiger partial charge on any atom is 0.106 e. The number of benzene rings is 1. The first kappa shape index (κ1) is 15.9. The van der Waals surface area contributed by atoms with E-state index in [1.807, 2.05) is 12.1 Å². The molecule has 0 aromatic heterocycles. The van der Waals surface area contributed by atoms with E-state index in [2.05, 4.69) is 32.2 Å². The molecule has 0 saturated carbocycles. The van der Waals surface area contributed by atoms with Crippen LogP contribution < -0.4 is 11.1 Å². The highest BCUT2D eigenvalue weighted by Crippen LogP contribution is 2.20. The zero-order valence-electron chi connectivity index (χ0n) is 12.0. The number of unbranched alkanes of at least 4 members (excludes halogenated alkanes) is 1. The lowest BCUT2D eigenvalue weighted by molar-refractivity contribution is 0.0765. The molecule has 0 heterocycles. The molecule has 106 valence electrons. The van der Waals surface area contributed by atoms with Crippen LogP contribution in [0.4, 0.5) is 5.69 Å². The van der Waals surface area contributed by atoms with Crippen molar-refractivity contribution in [2.24, 2.45) is 5.73 Å². The summed E-state index contributed by atoms with van der Waals surface area (Å²) < 4.78 is 5.51. The second kappa shape index (κ2) is 8.12. The number of hydrogen-bond donors (Lipinski definition) is 2. The Morgan fingerprint density at radius 3 is 2.74 bits per heavy atom. The molecule has 0 aliphatic rings. The van der Waals surface area contributed by atoms with E-state index in [0.717, 1.165) is 37.2 Å². The van der Waals surface area contributed by atoms with Crippen LogP contribution in [0.5, 0.6) is 0 Å². The first-order valence-electron chi connectivity index (χ1n) is 6.77. The fourth-order valence-corrected chi connectivity index (χ4v) is 2.04. The SMILES string of the molecule is Cc1cccc(C(N)=S)c1NCCCCOC(C)C. The predicted molar refractivity (Wildman–Crippen MR) is 85.9 cm³/mol. The number of hydrogen-bond acceptors (Lipinski definition) is 3. The van der Waals surface area contributed by atoms with Gasteiger partial charge in [-0.15, -0.1) is 0 Å². The van der Waals surface area contributed by atoms with Crippen molar-refractivity contribution in [3.05, 3.63) is 29.3 Å². The van der Waals surface area contributed by atoms with E-state index in [1.165, 1.54) is 5.56 Å². The smallest absolute Gasteiger partial charge is 0.106 e. The molecule has 0 saturated heterocycles. The Hall–Kier alpha value is -1.13. The highest BCUT2D eigenvalue weighted by molar-refractivity contribution is 7.80. The Morgan fingerprint density at radius 1 is 1.37 bits per heavy atom. The van der Waals surface area contributed by atoms with Gasteiger partial charge in [-0.05, 0) is 45.2 Å². The Morgan fingerprint density at radius 2 is 2.11 bits per heavy atom. The van der Waals surface area contributed by atoms with E-state index >= 15 is 0 Å². The molecule has 19 heavy (non-hydrogen) atoms. The lowest BCUT2D eigenvalue weighted by Crippen LogP contribution is -2.15. The quantitative estimate of drug-likeness (QED) is 0.567. The summed E-state index contributed by atoms with van der Waals surface area (Å²) in [5, 5.41) is 3.43. The number of anilines is 1. The third kappa shape index (κ3) is 5.57. The van der Waals surface area contributed by atoms with Crippen molar-refractivity contribution < 1.29 is 4.74 Å². The minimum atomic E-state index is 0.311. The fraction of sp³-hybridized carbons (Fsp3) is 0.533. The number of nitrogens with two attached hydrogens (primary N) is 1. The first-order chi connectivity index (χ1) is 9.02. The highest BCUT2D eigenvalue weighted by Gasteiger charge is 2.06. The molecule has 0 amide bonds. The molecule has 0 aliphatic heterocycles. The number of nitrogens with one attached hydrogen (secondary N) is 1. The largest absolute Gasteiger partial charge is 0.389 e. The Bertz CT molecular complexity index is 419. The molecule has 4 heteroatoms. The van der Waals surface area contributed by atoms with Gasteiger partial charge in [-0.3, -0.25) is 0 Å². The third-order valence-electron chi connectivity index (χ3n) is 2.86. The molecule has 3 N–H and O–H groups in total. The van der Waals surface area contributed by atoms with Crippen LogP contribution in [0.3, 0.4) is 0 Å². The molecular formula is C15H24N2OS. The fourth-order valence-electron chi connectivity index (χ4n) is 1.87. The molecule has 0 fully saturated rings. The first-order valence-corrected chi connectivity index (χ1v) is 7.18. The molecule has 1 aromatic carbocycles. The average molecular weight is 280 g/mol. The Labute approximate surface area is 121 Å². The molecule has 0 aliphatic carbocycles. The van der Waals surface area contributed by atoms with Crippen LogP contribution in [0.2, 0.25) is 0 Å². The predicted octanol–water partition coefficient (Wildman–Crippen LogP) is 3.25.